The molecule has 0 radical (unpaired) electrons. The van der Waals surface area contributed by atoms with Crippen LogP contribution in [0.5, 0.6) is 11.5 Å². The summed E-state index contributed by atoms with van der Waals surface area (Å²) in [7, 11) is 0. The van der Waals surface area contributed by atoms with Crippen molar-refractivity contribution in [2.24, 2.45) is 0 Å². The van der Waals surface area contributed by atoms with Crippen LogP contribution < -0.4 is 9.47 Å². The van der Waals surface area contributed by atoms with E-state index in [1.165, 1.54) is 19.1 Å². The predicted molar refractivity (Wildman–Crippen MR) is 128 cm³/mol. The Kier molecular flexibility index (Phi) is 7.77. The fourth-order valence-corrected chi connectivity index (χ4v) is 2.83. The second-order valence-electron chi connectivity index (χ2n) is 7.49. The lowest BCUT2D eigenvalue weighted by molar-refractivity contribution is -0.133. The van der Waals surface area contributed by atoms with Gasteiger partial charge >= 0.3 is 11.9 Å². The van der Waals surface area contributed by atoms with Gasteiger partial charge in [0.05, 0.1) is 0 Å². The first-order valence-electron chi connectivity index (χ1n) is 10.3. The molecule has 0 saturated heterocycles. The van der Waals surface area contributed by atoms with Crippen LogP contribution in [0.1, 0.15) is 13.8 Å². The minimum atomic E-state index is -0.596. The molecule has 3 aromatic rings. The van der Waals surface area contributed by atoms with Gasteiger partial charge in [-0.05, 0) is 60.4 Å². The maximum absolute atomic E-state index is 14.5. The van der Waals surface area contributed by atoms with E-state index in [1.54, 1.807) is 25.1 Å². The first-order chi connectivity index (χ1) is 16.2. The molecule has 0 saturated carbocycles. The standard InChI is InChI=1S/C28H23FO5/c1-18(2)27(30)33-16-15-32-26-14-11-23(17-25(26)29)22-7-5-20(6-8-22)21-9-12-24(13-10-21)34-28(31)19(3)4/h5-17H,1,3H2,2,4H3/b16-15-. The number of hydrogen-bond donors (Lipinski definition) is 0. The summed E-state index contributed by atoms with van der Waals surface area (Å²) in [5.41, 5.74) is 3.97. The molecule has 0 amide bonds. The number of carbonyl (C=O) groups excluding carboxylic acids is 2. The summed E-state index contributed by atoms with van der Waals surface area (Å²) in [4.78, 5) is 22.9. The summed E-state index contributed by atoms with van der Waals surface area (Å²) in [5, 5.41) is 0. The molecule has 0 aliphatic carbocycles. The topological polar surface area (TPSA) is 61.8 Å². The van der Waals surface area contributed by atoms with Gasteiger partial charge in [-0.2, -0.15) is 0 Å². The first kappa shape index (κ1) is 24.2. The number of esters is 2. The zero-order valence-corrected chi connectivity index (χ0v) is 18.8. The maximum atomic E-state index is 14.5. The summed E-state index contributed by atoms with van der Waals surface area (Å²) in [6.45, 7) is 10.1. The largest absolute Gasteiger partial charge is 0.459 e. The maximum Gasteiger partial charge on any atom is 0.338 e. The van der Waals surface area contributed by atoms with E-state index in [1.807, 2.05) is 36.4 Å². The van der Waals surface area contributed by atoms with Crippen LogP contribution in [0.2, 0.25) is 0 Å². The van der Waals surface area contributed by atoms with Crippen molar-refractivity contribution in [2.45, 2.75) is 13.8 Å². The van der Waals surface area contributed by atoms with Crippen LogP contribution >= 0.6 is 0 Å². The van der Waals surface area contributed by atoms with Gasteiger partial charge in [0.2, 0.25) is 0 Å². The monoisotopic (exact) mass is 458 g/mol. The highest BCUT2D eigenvalue weighted by Crippen LogP contribution is 2.29. The Hall–Kier alpha value is -4.45. The van der Waals surface area contributed by atoms with E-state index < -0.39 is 17.8 Å². The summed E-state index contributed by atoms with van der Waals surface area (Å²) in [5.74, 6) is -1.19. The Morgan fingerprint density at radius 2 is 1.24 bits per heavy atom. The summed E-state index contributed by atoms with van der Waals surface area (Å²) >= 11 is 0. The van der Waals surface area contributed by atoms with Crippen molar-refractivity contribution in [1.29, 1.82) is 0 Å². The molecular weight excluding hydrogens is 435 g/mol. The Labute approximate surface area is 197 Å². The summed E-state index contributed by atoms with van der Waals surface area (Å²) in [6.07, 6.45) is 2.11. The van der Waals surface area contributed by atoms with Crippen molar-refractivity contribution in [3.63, 3.8) is 0 Å². The molecule has 0 N–H and O–H groups in total. The lowest BCUT2D eigenvalue weighted by Gasteiger charge is -2.08. The van der Waals surface area contributed by atoms with Crippen molar-refractivity contribution in [1.82, 2.24) is 0 Å². The average Bonchev–Trinajstić information content (AvgIpc) is 2.83. The Morgan fingerprint density at radius 1 is 0.735 bits per heavy atom. The van der Waals surface area contributed by atoms with Gasteiger partial charge in [0.15, 0.2) is 11.6 Å². The molecule has 0 aliphatic heterocycles. The Balaban J connectivity index is 1.66. The van der Waals surface area contributed by atoms with Gasteiger partial charge < -0.3 is 14.2 Å². The molecule has 6 heteroatoms. The molecule has 172 valence electrons. The third kappa shape index (κ3) is 6.29. The number of halogens is 1. The van der Waals surface area contributed by atoms with Gasteiger partial charge in [-0.15, -0.1) is 0 Å². The molecule has 0 spiro atoms. The molecule has 0 fully saturated rings. The lowest BCUT2D eigenvalue weighted by atomic mass is 10.00. The molecule has 0 aromatic heterocycles. The molecular formula is C28H23FO5. The van der Waals surface area contributed by atoms with E-state index in [9.17, 15) is 14.0 Å². The molecule has 0 aliphatic rings. The van der Waals surface area contributed by atoms with Crippen LogP contribution in [0.15, 0.2) is 104 Å². The first-order valence-corrected chi connectivity index (χ1v) is 10.3. The van der Waals surface area contributed by atoms with E-state index >= 15 is 0 Å². The highest BCUT2D eigenvalue weighted by atomic mass is 19.1. The van der Waals surface area contributed by atoms with Crippen LogP contribution in [0.4, 0.5) is 4.39 Å². The van der Waals surface area contributed by atoms with E-state index in [2.05, 4.69) is 13.2 Å². The third-order valence-corrected chi connectivity index (χ3v) is 4.67. The fraction of sp³-hybridized carbons (Fsp3) is 0.0714. The SMILES string of the molecule is C=C(C)C(=O)O/C=C\Oc1ccc(-c2ccc(-c3ccc(OC(=O)C(=C)C)cc3)cc2)cc1F. The highest BCUT2D eigenvalue weighted by Gasteiger charge is 2.08. The third-order valence-electron chi connectivity index (χ3n) is 4.67. The molecule has 0 heterocycles. The predicted octanol–water partition coefficient (Wildman–Crippen LogP) is 6.61. The van der Waals surface area contributed by atoms with Gasteiger partial charge in [0, 0.05) is 11.1 Å². The van der Waals surface area contributed by atoms with Gasteiger partial charge in [0.1, 0.15) is 18.3 Å². The fourth-order valence-electron chi connectivity index (χ4n) is 2.83. The molecule has 3 rings (SSSR count). The molecule has 3 aromatic carbocycles. The van der Waals surface area contributed by atoms with Crippen molar-refractivity contribution in [2.75, 3.05) is 0 Å². The minimum Gasteiger partial charge on any atom is -0.459 e. The number of rotatable bonds is 8. The number of benzene rings is 3. The molecule has 5 nitrogen and oxygen atoms in total. The van der Waals surface area contributed by atoms with Gasteiger partial charge in [-0.1, -0.05) is 55.6 Å². The minimum absolute atomic E-state index is 0.00423. The Morgan fingerprint density at radius 3 is 1.76 bits per heavy atom. The highest BCUT2D eigenvalue weighted by molar-refractivity contribution is 5.89. The van der Waals surface area contributed by atoms with Gasteiger partial charge in [0.25, 0.3) is 0 Å². The molecule has 0 atom stereocenters. The second-order valence-corrected chi connectivity index (χ2v) is 7.49. The average molecular weight is 458 g/mol. The molecule has 0 unspecified atom stereocenters. The van der Waals surface area contributed by atoms with Gasteiger partial charge in [-0.25, -0.2) is 14.0 Å². The smallest absolute Gasteiger partial charge is 0.338 e. The quantitative estimate of drug-likeness (QED) is 0.164. The van der Waals surface area contributed by atoms with Crippen LogP contribution in [-0.4, -0.2) is 11.9 Å². The van der Waals surface area contributed by atoms with Gasteiger partial charge in [-0.3, -0.25) is 0 Å². The van der Waals surface area contributed by atoms with E-state index in [0.717, 1.165) is 29.2 Å². The number of ether oxygens (including phenoxy) is 3. The van der Waals surface area contributed by atoms with Crippen LogP contribution in [-0.2, 0) is 14.3 Å². The van der Waals surface area contributed by atoms with Crippen molar-refractivity contribution >= 4 is 11.9 Å². The van der Waals surface area contributed by atoms with Crippen LogP contribution in [0.25, 0.3) is 22.3 Å². The zero-order valence-electron chi connectivity index (χ0n) is 18.8. The van der Waals surface area contributed by atoms with Crippen LogP contribution in [0.3, 0.4) is 0 Å². The molecule has 34 heavy (non-hydrogen) atoms. The summed E-state index contributed by atoms with van der Waals surface area (Å²) < 4.78 is 29.6. The molecule has 0 bridgehead atoms. The summed E-state index contributed by atoms with van der Waals surface area (Å²) in [6, 6.07) is 19.3. The van der Waals surface area contributed by atoms with E-state index in [0.29, 0.717) is 16.9 Å². The second kappa shape index (κ2) is 10.9. The zero-order chi connectivity index (χ0) is 24.7. The van der Waals surface area contributed by atoms with Crippen molar-refractivity contribution < 1.29 is 28.2 Å². The van der Waals surface area contributed by atoms with Crippen molar-refractivity contribution in [3.8, 4) is 33.8 Å². The van der Waals surface area contributed by atoms with Crippen molar-refractivity contribution in [3.05, 3.63) is 109 Å². The van der Waals surface area contributed by atoms with E-state index in [4.69, 9.17) is 14.2 Å². The van der Waals surface area contributed by atoms with Crippen LogP contribution in [0, 0.1) is 5.82 Å². The number of hydrogen-bond acceptors (Lipinski definition) is 5. The van der Waals surface area contributed by atoms with E-state index in [-0.39, 0.29) is 11.3 Å². The Bertz CT molecular complexity index is 1250. The normalized spacial score (nSPS) is 10.6. The lowest BCUT2D eigenvalue weighted by Crippen LogP contribution is -2.07. The number of carbonyl (C=O) groups is 2.